The summed E-state index contributed by atoms with van der Waals surface area (Å²) >= 11 is 1.27. The van der Waals surface area contributed by atoms with E-state index in [1.54, 1.807) is 24.5 Å². The molecular weight excluding hydrogens is 270 g/mol. The molecule has 0 atom stereocenters. The van der Waals surface area contributed by atoms with Crippen LogP contribution in [0.15, 0.2) is 35.1 Å². The van der Waals surface area contributed by atoms with Gasteiger partial charge in [-0.25, -0.2) is 23.1 Å². The van der Waals surface area contributed by atoms with Crippen LogP contribution in [-0.2, 0) is 16.4 Å². The molecule has 0 radical (unpaired) electrons. The van der Waals surface area contributed by atoms with Crippen molar-refractivity contribution in [2.75, 3.05) is 6.54 Å². The van der Waals surface area contributed by atoms with Crippen molar-refractivity contribution in [3.63, 3.8) is 0 Å². The van der Waals surface area contributed by atoms with Crippen LogP contribution in [0.25, 0.3) is 0 Å². The maximum Gasteiger partial charge on any atom is 0.250 e. The lowest BCUT2D eigenvalue weighted by Crippen LogP contribution is -2.25. The number of sulfonamides is 1. The lowest BCUT2D eigenvalue weighted by Gasteiger charge is -2.04. The van der Waals surface area contributed by atoms with Gasteiger partial charge in [0.05, 0.1) is 0 Å². The van der Waals surface area contributed by atoms with Crippen molar-refractivity contribution in [2.45, 2.75) is 17.6 Å². The van der Waals surface area contributed by atoms with Crippen LogP contribution in [0.4, 0.5) is 0 Å². The highest BCUT2D eigenvalue weighted by molar-refractivity contribution is 7.91. The molecule has 0 bridgehead atoms. The van der Waals surface area contributed by atoms with Gasteiger partial charge in [0.15, 0.2) is 0 Å². The molecule has 2 aromatic rings. The number of rotatable bonds is 5. The monoisotopic (exact) mass is 283 g/mol. The topological polar surface area (TPSA) is 72.0 Å². The largest absolute Gasteiger partial charge is 0.250 e. The second-order valence-electron chi connectivity index (χ2n) is 3.76. The Morgan fingerprint density at radius 1 is 1.28 bits per heavy atom. The number of hydrogen-bond donors (Lipinski definition) is 1. The molecule has 2 rings (SSSR count). The number of thiophene rings is 1. The molecule has 0 saturated heterocycles. The van der Waals surface area contributed by atoms with E-state index in [4.69, 9.17) is 0 Å². The highest BCUT2D eigenvalue weighted by Gasteiger charge is 2.15. The summed E-state index contributed by atoms with van der Waals surface area (Å²) in [6.45, 7) is 2.22. The summed E-state index contributed by atoms with van der Waals surface area (Å²) in [5.41, 5.74) is 0.905. The summed E-state index contributed by atoms with van der Waals surface area (Å²) in [7, 11) is -3.38. The minimum absolute atomic E-state index is 0.340. The number of nitrogens with zero attached hydrogens (tertiary/aromatic N) is 2. The van der Waals surface area contributed by atoms with E-state index in [2.05, 4.69) is 14.7 Å². The first-order chi connectivity index (χ1) is 8.58. The predicted molar refractivity (Wildman–Crippen MR) is 70.0 cm³/mol. The van der Waals surface area contributed by atoms with E-state index in [-0.39, 0.29) is 0 Å². The fraction of sp³-hybridized carbons (Fsp3) is 0.273. The molecule has 0 amide bonds. The summed E-state index contributed by atoms with van der Waals surface area (Å²) in [4.78, 5) is 8.73. The van der Waals surface area contributed by atoms with E-state index >= 15 is 0 Å². The van der Waals surface area contributed by atoms with Gasteiger partial charge in [-0.15, -0.1) is 11.3 Å². The van der Waals surface area contributed by atoms with E-state index in [0.29, 0.717) is 17.2 Å². The van der Waals surface area contributed by atoms with Gasteiger partial charge in [-0.05, 0) is 31.0 Å². The number of aryl methyl sites for hydroxylation is 1. The summed E-state index contributed by atoms with van der Waals surface area (Å²) in [6.07, 6.45) is 5.37. The number of aromatic nitrogens is 2. The van der Waals surface area contributed by atoms with Crippen LogP contribution < -0.4 is 4.72 Å². The highest BCUT2D eigenvalue weighted by atomic mass is 32.2. The van der Waals surface area contributed by atoms with Crippen molar-refractivity contribution >= 4 is 21.4 Å². The Kier molecular flexibility index (Phi) is 4.05. The molecule has 2 aromatic heterocycles. The predicted octanol–water partition coefficient (Wildman–Crippen LogP) is 1.37. The average Bonchev–Trinajstić information content (AvgIpc) is 2.78. The standard InChI is InChI=1S/C11H13N3O2S2/c1-9-2-3-11(17-9)18(15,16)14-5-4-10-6-12-8-13-7-10/h2-3,6-8,14H,4-5H2,1H3. The summed E-state index contributed by atoms with van der Waals surface area (Å²) in [5.74, 6) is 0. The third-order valence-electron chi connectivity index (χ3n) is 2.30. The molecule has 0 aliphatic carbocycles. The van der Waals surface area contributed by atoms with E-state index in [0.717, 1.165) is 10.4 Å². The Bertz CT molecular complexity index is 608. The average molecular weight is 283 g/mol. The van der Waals surface area contributed by atoms with Gasteiger partial charge in [-0.1, -0.05) is 0 Å². The Balaban J connectivity index is 1.94. The van der Waals surface area contributed by atoms with Gasteiger partial charge in [0.1, 0.15) is 10.5 Å². The molecule has 0 aliphatic rings. The molecule has 0 aromatic carbocycles. The molecule has 2 heterocycles. The maximum atomic E-state index is 11.9. The van der Waals surface area contributed by atoms with Crippen LogP contribution in [0.3, 0.4) is 0 Å². The smallest absolute Gasteiger partial charge is 0.245 e. The van der Waals surface area contributed by atoms with Gasteiger partial charge in [0.25, 0.3) is 0 Å². The van der Waals surface area contributed by atoms with E-state index in [9.17, 15) is 8.42 Å². The third-order valence-corrected chi connectivity index (χ3v) is 5.25. The highest BCUT2D eigenvalue weighted by Crippen LogP contribution is 2.20. The molecule has 96 valence electrons. The third kappa shape index (κ3) is 3.34. The van der Waals surface area contributed by atoms with E-state index in [1.807, 2.05) is 6.92 Å². The Morgan fingerprint density at radius 3 is 2.61 bits per heavy atom. The molecule has 7 heteroatoms. The zero-order valence-electron chi connectivity index (χ0n) is 9.83. The van der Waals surface area contributed by atoms with Crippen molar-refractivity contribution in [3.8, 4) is 0 Å². The second-order valence-corrected chi connectivity index (χ2v) is 7.04. The molecule has 5 nitrogen and oxygen atoms in total. The molecule has 18 heavy (non-hydrogen) atoms. The molecule has 0 fully saturated rings. The normalized spacial score (nSPS) is 11.6. The van der Waals surface area contributed by atoms with Crippen molar-refractivity contribution in [1.82, 2.24) is 14.7 Å². The fourth-order valence-electron chi connectivity index (χ4n) is 1.42. The van der Waals surface area contributed by atoms with Crippen LogP contribution in [0.1, 0.15) is 10.4 Å². The zero-order valence-corrected chi connectivity index (χ0v) is 11.5. The van der Waals surface area contributed by atoms with Crippen LogP contribution in [0.5, 0.6) is 0 Å². The van der Waals surface area contributed by atoms with E-state index in [1.165, 1.54) is 17.7 Å². The van der Waals surface area contributed by atoms with Gasteiger partial charge in [0, 0.05) is 23.8 Å². The number of hydrogen-bond acceptors (Lipinski definition) is 5. The van der Waals surface area contributed by atoms with Crippen molar-refractivity contribution in [3.05, 3.63) is 41.3 Å². The quantitative estimate of drug-likeness (QED) is 0.899. The summed E-state index contributed by atoms with van der Waals surface area (Å²) in [5, 5.41) is 0. The second kappa shape index (κ2) is 5.55. The van der Waals surface area contributed by atoms with E-state index < -0.39 is 10.0 Å². The van der Waals surface area contributed by atoms with Gasteiger partial charge >= 0.3 is 0 Å². The molecule has 1 N–H and O–H groups in total. The Labute approximate surface area is 110 Å². The van der Waals surface area contributed by atoms with Crippen LogP contribution in [0, 0.1) is 6.92 Å². The molecule has 0 aliphatic heterocycles. The Morgan fingerprint density at radius 2 is 2.00 bits per heavy atom. The molecule has 0 saturated carbocycles. The lowest BCUT2D eigenvalue weighted by atomic mass is 10.2. The van der Waals surface area contributed by atoms with Crippen molar-refractivity contribution in [2.24, 2.45) is 0 Å². The lowest BCUT2D eigenvalue weighted by molar-refractivity contribution is 0.583. The first kappa shape index (κ1) is 13.1. The minimum Gasteiger partial charge on any atom is -0.245 e. The first-order valence-corrected chi connectivity index (χ1v) is 7.68. The van der Waals surface area contributed by atoms with Crippen LogP contribution >= 0.6 is 11.3 Å². The van der Waals surface area contributed by atoms with Crippen LogP contribution in [-0.4, -0.2) is 24.9 Å². The Hall–Kier alpha value is -1.31. The minimum atomic E-state index is -3.38. The first-order valence-electron chi connectivity index (χ1n) is 5.38. The van der Waals surface area contributed by atoms with Gasteiger partial charge in [0.2, 0.25) is 10.0 Å². The van der Waals surface area contributed by atoms with Crippen molar-refractivity contribution in [1.29, 1.82) is 0 Å². The van der Waals surface area contributed by atoms with Gasteiger partial charge in [-0.2, -0.15) is 0 Å². The maximum absolute atomic E-state index is 11.9. The SMILES string of the molecule is Cc1ccc(S(=O)(=O)NCCc2cncnc2)s1. The van der Waals surface area contributed by atoms with Crippen molar-refractivity contribution < 1.29 is 8.42 Å². The molecule has 0 unspecified atom stereocenters. The summed E-state index contributed by atoms with van der Waals surface area (Å²) in [6, 6.07) is 3.41. The van der Waals surface area contributed by atoms with Gasteiger partial charge < -0.3 is 0 Å². The molecule has 0 spiro atoms. The van der Waals surface area contributed by atoms with Gasteiger partial charge in [-0.3, -0.25) is 0 Å². The fourth-order valence-corrected chi connectivity index (χ4v) is 3.78. The molecular formula is C11H13N3O2S2. The zero-order chi connectivity index (χ0) is 13.0. The van der Waals surface area contributed by atoms with Crippen LogP contribution in [0.2, 0.25) is 0 Å². The summed E-state index contributed by atoms with van der Waals surface area (Å²) < 4.78 is 26.7. The number of nitrogens with one attached hydrogen (secondary N) is 1.